The minimum Gasteiger partial charge on any atom is -0.339 e. The van der Waals surface area contributed by atoms with Crippen molar-refractivity contribution in [1.82, 2.24) is 24.6 Å². The number of benzene rings is 2. The molecule has 1 saturated heterocycles. The Kier molecular flexibility index (Phi) is 8.46. The molecule has 0 aliphatic carbocycles. The zero-order valence-electron chi connectivity index (χ0n) is 21.6. The molecule has 190 valence electrons. The van der Waals surface area contributed by atoms with Crippen molar-refractivity contribution < 1.29 is 9.59 Å². The normalized spacial score (nSPS) is 15.8. The van der Waals surface area contributed by atoms with Crippen LogP contribution in [0.5, 0.6) is 0 Å². The maximum atomic E-state index is 12.8. The molecular weight excluding hydrogens is 470 g/mol. The van der Waals surface area contributed by atoms with Gasteiger partial charge in [0.05, 0.1) is 0 Å². The highest BCUT2D eigenvalue weighted by Gasteiger charge is 2.28. The van der Waals surface area contributed by atoms with Crippen molar-refractivity contribution in [1.29, 1.82) is 0 Å². The summed E-state index contributed by atoms with van der Waals surface area (Å²) < 4.78 is 2.10. The zero-order chi connectivity index (χ0) is 25.7. The molecule has 8 heteroatoms. The number of amides is 2. The molecule has 1 aliphatic heterocycles. The van der Waals surface area contributed by atoms with Crippen LogP contribution >= 0.6 is 11.8 Å². The van der Waals surface area contributed by atoms with Crippen molar-refractivity contribution in [3.05, 3.63) is 59.7 Å². The Hall–Kier alpha value is -3.13. The third-order valence-electron chi connectivity index (χ3n) is 6.60. The van der Waals surface area contributed by atoms with E-state index in [2.05, 4.69) is 77.1 Å². The second-order valence-corrected chi connectivity index (χ2v) is 10.5. The highest BCUT2D eigenvalue weighted by atomic mass is 32.2. The van der Waals surface area contributed by atoms with Crippen molar-refractivity contribution in [2.24, 2.45) is 0 Å². The van der Waals surface area contributed by atoms with E-state index in [-0.39, 0.29) is 17.9 Å². The average molecular weight is 506 g/mol. The van der Waals surface area contributed by atoms with Crippen LogP contribution in [0.4, 0.5) is 0 Å². The third kappa shape index (κ3) is 5.98. The van der Waals surface area contributed by atoms with Gasteiger partial charge in [-0.3, -0.25) is 14.2 Å². The summed E-state index contributed by atoms with van der Waals surface area (Å²) in [6.45, 7) is 9.90. The van der Waals surface area contributed by atoms with E-state index in [0.717, 1.165) is 34.4 Å². The Morgan fingerprint density at radius 2 is 1.61 bits per heavy atom. The molecule has 36 heavy (non-hydrogen) atoms. The van der Waals surface area contributed by atoms with Gasteiger partial charge in [0.25, 0.3) is 0 Å². The molecule has 1 unspecified atom stereocenters. The largest absolute Gasteiger partial charge is 0.339 e. The highest BCUT2D eigenvalue weighted by Crippen LogP contribution is 2.29. The number of carbonyl (C=O) groups excluding carboxylic acids is 2. The monoisotopic (exact) mass is 505 g/mol. The molecule has 3 aromatic rings. The van der Waals surface area contributed by atoms with Gasteiger partial charge in [-0.1, -0.05) is 66.2 Å². The standard InChI is InChI=1S/C28H35N5O2S/c1-5-25(34)32-17-16-31(19-22(32)4)26(35)7-6-18-36-28-30-29-27(23-12-8-20(2)9-13-23)33(28)24-14-10-21(3)11-15-24/h8-15,22H,5-7,16-19H2,1-4H3. The van der Waals surface area contributed by atoms with E-state index in [0.29, 0.717) is 32.5 Å². The number of carbonyl (C=O) groups is 2. The fraction of sp³-hybridized carbons (Fsp3) is 0.429. The number of aromatic nitrogens is 3. The number of piperazine rings is 1. The summed E-state index contributed by atoms with van der Waals surface area (Å²) in [6, 6.07) is 16.8. The van der Waals surface area contributed by atoms with E-state index in [9.17, 15) is 9.59 Å². The molecule has 0 saturated carbocycles. The topological polar surface area (TPSA) is 71.3 Å². The molecular formula is C28H35N5O2S. The summed E-state index contributed by atoms with van der Waals surface area (Å²) in [5.74, 6) is 1.90. The molecule has 7 nitrogen and oxygen atoms in total. The Morgan fingerprint density at radius 3 is 2.25 bits per heavy atom. The lowest BCUT2D eigenvalue weighted by Crippen LogP contribution is -2.55. The van der Waals surface area contributed by atoms with Crippen molar-refractivity contribution in [3.8, 4) is 17.1 Å². The SMILES string of the molecule is CCC(=O)N1CCN(C(=O)CCCSc2nnc(-c3ccc(C)cc3)n2-c2ccc(C)cc2)CC1C. The van der Waals surface area contributed by atoms with E-state index < -0.39 is 0 Å². The molecule has 2 heterocycles. The Balaban J connectivity index is 1.39. The van der Waals surface area contributed by atoms with Crippen molar-refractivity contribution in [2.45, 2.75) is 58.2 Å². The van der Waals surface area contributed by atoms with Crippen LogP contribution in [-0.2, 0) is 9.59 Å². The second-order valence-electron chi connectivity index (χ2n) is 9.42. The molecule has 0 bridgehead atoms. The van der Waals surface area contributed by atoms with Crippen LogP contribution in [0.25, 0.3) is 17.1 Å². The van der Waals surface area contributed by atoms with Crippen LogP contribution in [0.2, 0.25) is 0 Å². The lowest BCUT2D eigenvalue weighted by molar-refractivity contribution is -0.142. The third-order valence-corrected chi connectivity index (χ3v) is 7.62. The van der Waals surface area contributed by atoms with Gasteiger partial charge >= 0.3 is 0 Å². The number of thioether (sulfide) groups is 1. The predicted molar refractivity (Wildman–Crippen MR) is 144 cm³/mol. The Labute approximate surface area is 217 Å². The first-order valence-corrected chi connectivity index (χ1v) is 13.7. The van der Waals surface area contributed by atoms with Gasteiger partial charge in [-0.25, -0.2) is 0 Å². The summed E-state index contributed by atoms with van der Waals surface area (Å²) in [4.78, 5) is 28.7. The minimum atomic E-state index is 0.0674. The van der Waals surface area contributed by atoms with E-state index in [1.807, 2.05) is 23.6 Å². The number of hydrogen-bond donors (Lipinski definition) is 0. The van der Waals surface area contributed by atoms with Gasteiger partial charge in [0.1, 0.15) is 0 Å². The zero-order valence-corrected chi connectivity index (χ0v) is 22.4. The van der Waals surface area contributed by atoms with Crippen molar-refractivity contribution >= 4 is 23.6 Å². The molecule has 2 amide bonds. The first-order chi connectivity index (χ1) is 17.4. The number of nitrogens with zero attached hydrogens (tertiary/aromatic N) is 5. The summed E-state index contributed by atoms with van der Waals surface area (Å²) in [5, 5.41) is 9.85. The van der Waals surface area contributed by atoms with Crippen LogP contribution in [0, 0.1) is 13.8 Å². The van der Waals surface area contributed by atoms with E-state index in [1.54, 1.807) is 11.8 Å². The lowest BCUT2D eigenvalue weighted by atomic mass is 10.1. The van der Waals surface area contributed by atoms with Gasteiger partial charge in [-0.05, 0) is 39.3 Å². The number of rotatable bonds is 8. The smallest absolute Gasteiger partial charge is 0.222 e. The molecule has 1 aromatic heterocycles. The molecule has 4 rings (SSSR count). The first-order valence-electron chi connectivity index (χ1n) is 12.7. The highest BCUT2D eigenvalue weighted by molar-refractivity contribution is 7.99. The summed E-state index contributed by atoms with van der Waals surface area (Å²) in [7, 11) is 0. The quantitative estimate of drug-likeness (QED) is 0.322. The summed E-state index contributed by atoms with van der Waals surface area (Å²) in [6.07, 6.45) is 1.76. The van der Waals surface area contributed by atoms with Crippen LogP contribution in [0.15, 0.2) is 53.7 Å². The van der Waals surface area contributed by atoms with Crippen LogP contribution in [0.3, 0.4) is 0 Å². The second kappa shape index (κ2) is 11.7. The molecule has 0 N–H and O–H groups in total. The summed E-state index contributed by atoms with van der Waals surface area (Å²) >= 11 is 1.63. The van der Waals surface area contributed by atoms with Crippen molar-refractivity contribution in [2.75, 3.05) is 25.4 Å². The molecule has 1 aliphatic rings. The molecule has 1 fully saturated rings. The van der Waals surface area contributed by atoms with E-state index >= 15 is 0 Å². The maximum Gasteiger partial charge on any atom is 0.222 e. The molecule has 2 aromatic carbocycles. The lowest BCUT2D eigenvalue weighted by Gasteiger charge is -2.40. The van der Waals surface area contributed by atoms with Gasteiger partial charge in [0, 0.05) is 55.5 Å². The number of hydrogen-bond acceptors (Lipinski definition) is 5. The fourth-order valence-electron chi connectivity index (χ4n) is 4.48. The summed E-state index contributed by atoms with van der Waals surface area (Å²) in [5.41, 5.74) is 4.44. The van der Waals surface area contributed by atoms with Crippen LogP contribution < -0.4 is 0 Å². The number of aryl methyl sites for hydroxylation is 2. The van der Waals surface area contributed by atoms with Gasteiger partial charge in [-0.2, -0.15) is 0 Å². The fourth-order valence-corrected chi connectivity index (χ4v) is 5.37. The average Bonchev–Trinajstić information content (AvgIpc) is 3.30. The van der Waals surface area contributed by atoms with Crippen LogP contribution in [-0.4, -0.2) is 67.8 Å². The van der Waals surface area contributed by atoms with Gasteiger partial charge in [-0.15, -0.1) is 10.2 Å². The van der Waals surface area contributed by atoms with E-state index in [4.69, 9.17) is 0 Å². The van der Waals surface area contributed by atoms with E-state index in [1.165, 1.54) is 11.1 Å². The first kappa shape index (κ1) is 25.9. The van der Waals surface area contributed by atoms with Crippen LogP contribution in [0.1, 0.15) is 44.2 Å². The maximum absolute atomic E-state index is 12.8. The predicted octanol–water partition coefficient (Wildman–Crippen LogP) is 4.89. The van der Waals surface area contributed by atoms with Gasteiger partial charge in [0.15, 0.2) is 11.0 Å². The Morgan fingerprint density at radius 1 is 0.944 bits per heavy atom. The molecule has 0 spiro atoms. The van der Waals surface area contributed by atoms with Gasteiger partial charge < -0.3 is 9.80 Å². The van der Waals surface area contributed by atoms with Crippen molar-refractivity contribution in [3.63, 3.8) is 0 Å². The van der Waals surface area contributed by atoms with Gasteiger partial charge in [0.2, 0.25) is 11.8 Å². The Bertz CT molecular complexity index is 1190. The molecule has 1 atom stereocenters. The minimum absolute atomic E-state index is 0.0674. The molecule has 0 radical (unpaired) electrons.